The maximum Gasteiger partial charge on any atom is 0.161 e. The highest BCUT2D eigenvalue weighted by molar-refractivity contribution is 5.37. The molecule has 1 heterocycles. The lowest BCUT2D eigenvalue weighted by molar-refractivity contribution is 0.491. The van der Waals surface area contributed by atoms with Crippen LogP contribution >= 0.6 is 0 Å². The Morgan fingerprint density at radius 1 is 1.19 bits per heavy atom. The summed E-state index contributed by atoms with van der Waals surface area (Å²) >= 11 is 0. The smallest absolute Gasteiger partial charge is 0.161 e. The third-order valence-electron chi connectivity index (χ3n) is 3.43. The number of rotatable bonds is 5. The molecule has 0 fully saturated rings. The molecule has 2 aromatic rings. The maximum absolute atomic E-state index is 13.8. The summed E-state index contributed by atoms with van der Waals surface area (Å²) in [7, 11) is 0. The largest absolute Gasteiger partial charge is 0.310 e. The van der Waals surface area contributed by atoms with Crippen LogP contribution in [0.3, 0.4) is 0 Å². The van der Waals surface area contributed by atoms with Gasteiger partial charge in [0.15, 0.2) is 17.5 Å². The lowest BCUT2D eigenvalue weighted by Gasteiger charge is -2.13. The summed E-state index contributed by atoms with van der Waals surface area (Å²) in [4.78, 5) is 0. The van der Waals surface area contributed by atoms with E-state index in [1.165, 1.54) is 4.68 Å². The molecule has 0 aliphatic carbocycles. The maximum atomic E-state index is 13.8. The van der Waals surface area contributed by atoms with Crippen LogP contribution in [0, 0.1) is 24.4 Å². The van der Waals surface area contributed by atoms with Crippen molar-refractivity contribution in [2.75, 3.05) is 6.54 Å². The van der Waals surface area contributed by atoms with Gasteiger partial charge in [0.2, 0.25) is 0 Å². The predicted molar refractivity (Wildman–Crippen MR) is 74.9 cm³/mol. The van der Waals surface area contributed by atoms with Gasteiger partial charge in [0, 0.05) is 29.4 Å². The molecule has 0 amide bonds. The summed E-state index contributed by atoms with van der Waals surface area (Å²) in [5.74, 6) is -3.15. The third-order valence-corrected chi connectivity index (χ3v) is 3.43. The predicted octanol–water partition coefficient (Wildman–Crippen LogP) is 3.66. The molecule has 6 heteroatoms. The van der Waals surface area contributed by atoms with Crippen molar-refractivity contribution in [3.05, 3.63) is 47.0 Å². The standard InChI is InChI=1S/C15H18F3N3/c1-4-5-19-9(2)11-8-20-21(10(11)3)15-7-13(17)12(16)6-14(15)18/h6-9,19H,4-5H2,1-3H3. The summed E-state index contributed by atoms with van der Waals surface area (Å²) < 4.78 is 41.4. The number of nitrogens with one attached hydrogen (secondary N) is 1. The van der Waals surface area contributed by atoms with E-state index >= 15 is 0 Å². The molecule has 1 aromatic carbocycles. The van der Waals surface area contributed by atoms with Crippen molar-refractivity contribution in [2.24, 2.45) is 0 Å². The van der Waals surface area contributed by atoms with Gasteiger partial charge in [-0.1, -0.05) is 6.92 Å². The highest BCUT2D eigenvalue weighted by Gasteiger charge is 2.17. The first-order valence-electron chi connectivity index (χ1n) is 6.88. The molecule has 0 bridgehead atoms. The second-order valence-electron chi connectivity index (χ2n) is 4.99. The highest BCUT2D eigenvalue weighted by atomic mass is 19.2. The molecule has 3 nitrogen and oxygen atoms in total. The fraction of sp³-hybridized carbons (Fsp3) is 0.400. The summed E-state index contributed by atoms with van der Waals surface area (Å²) in [5, 5.41) is 7.40. The Balaban J connectivity index is 2.38. The fourth-order valence-corrected chi connectivity index (χ4v) is 2.24. The van der Waals surface area contributed by atoms with E-state index in [2.05, 4.69) is 17.3 Å². The minimum Gasteiger partial charge on any atom is -0.310 e. The molecule has 21 heavy (non-hydrogen) atoms. The molecule has 1 aromatic heterocycles. The monoisotopic (exact) mass is 297 g/mol. The summed E-state index contributed by atoms with van der Waals surface area (Å²) in [5.41, 5.74) is 1.49. The van der Waals surface area contributed by atoms with Crippen molar-refractivity contribution in [3.8, 4) is 5.69 Å². The van der Waals surface area contributed by atoms with Crippen molar-refractivity contribution in [3.63, 3.8) is 0 Å². The second kappa shape index (κ2) is 6.30. The number of benzene rings is 1. The zero-order valence-electron chi connectivity index (χ0n) is 12.3. The highest BCUT2D eigenvalue weighted by Crippen LogP contribution is 2.23. The van der Waals surface area contributed by atoms with E-state index in [-0.39, 0.29) is 11.7 Å². The fourth-order valence-electron chi connectivity index (χ4n) is 2.24. The van der Waals surface area contributed by atoms with Gasteiger partial charge in [0.25, 0.3) is 0 Å². The van der Waals surface area contributed by atoms with Crippen molar-refractivity contribution in [2.45, 2.75) is 33.2 Å². The molecule has 0 saturated carbocycles. The molecule has 0 spiro atoms. The van der Waals surface area contributed by atoms with Gasteiger partial charge >= 0.3 is 0 Å². The summed E-state index contributed by atoms with van der Waals surface area (Å²) in [6, 6.07) is 1.40. The van der Waals surface area contributed by atoms with E-state index in [1.54, 1.807) is 13.1 Å². The summed E-state index contributed by atoms with van der Waals surface area (Å²) in [6.07, 6.45) is 2.61. The molecule has 0 radical (unpaired) electrons. The van der Waals surface area contributed by atoms with Crippen LogP contribution in [-0.4, -0.2) is 16.3 Å². The Morgan fingerprint density at radius 2 is 1.86 bits per heavy atom. The van der Waals surface area contributed by atoms with Crippen molar-refractivity contribution in [1.82, 2.24) is 15.1 Å². The van der Waals surface area contributed by atoms with E-state index in [0.29, 0.717) is 11.8 Å². The SMILES string of the molecule is CCCNC(C)c1cnn(-c2cc(F)c(F)cc2F)c1C. The number of halogens is 3. The first-order chi connectivity index (χ1) is 9.95. The molecule has 0 aliphatic rings. The molecule has 1 N–H and O–H groups in total. The Kier molecular flexibility index (Phi) is 4.67. The average Bonchev–Trinajstić information content (AvgIpc) is 2.82. The van der Waals surface area contributed by atoms with Gasteiger partial charge in [-0.25, -0.2) is 17.9 Å². The lowest BCUT2D eigenvalue weighted by Crippen LogP contribution is -2.19. The van der Waals surface area contributed by atoms with Gasteiger partial charge in [-0.3, -0.25) is 0 Å². The number of aromatic nitrogens is 2. The minimum atomic E-state index is -1.21. The number of hydrogen-bond acceptors (Lipinski definition) is 2. The molecule has 0 aliphatic heterocycles. The van der Waals surface area contributed by atoms with Crippen molar-refractivity contribution < 1.29 is 13.2 Å². The molecular formula is C15H18F3N3. The van der Waals surface area contributed by atoms with Crippen LogP contribution in [0.4, 0.5) is 13.2 Å². The first-order valence-corrected chi connectivity index (χ1v) is 6.88. The normalized spacial score (nSPS) is 12.7. The van der Waals surface area contributed by atoms with Crippen LogP contribution in [-0.2, 0) is 0 Å². The quantitative estimate of drug-likeness (QED) is 0.854. The zero-order chi connectivity index (χ0) is 15.6. The first kappa shape index (κ1) is 15.6. The van der Waals surface area contributed by atoms with E-state index in [0.717, 1.165) is 24.6 Å². The molecule has 114 valence electrons. The van der Waals surface area contributed by atoms with Crippen LogP contribution in [0.2, 0.25) is 0 Å². The molecule has 2 rings (SSSR count). The third kappa shape index (κ3) is 3.10. The minimum absolute atomic E-state index is 0.0482. The van der Waals surface area contributed by atoms with Crippen LogP contribution < -0.4 is 5.32 Å². The number of hydrogen-bond donors (Lipinski definition) is 1. The Labute approximate surface area is 121 Å². The van der Waals surface area contributed by atoms with E-state index in [4.69, 9.17) is 0 Å². The van der Waals surface area contributed by atoms with Gasteiger partial charge in [-0.2, -0.15) is 5.10 Å². The van der Waals surface area contributed by atoms with Crippen LogP contribution in [0.5, 0.6) is 0 Å². The second-order valence-corrected chi connectivity index (χ2v) is 4.99. The molecule has 1 atom stereocenters. The van der Waals surface area contributed by atoms with E-state index in [9.17, 15) is 13.2 Å². The zero-order valence-corrected chi connectivity index (χ0v) is 12.3. The van der Waals surface area contributed by atoms with Gasteiger partial charge in [-0.05, 0) is 26.8 Å². The van der Waals surface area contributed by atoms with Crippen molar-refractivity contribution >= 4 is 0 Å². The Bertz CT molecular complexity index is 637. The average molecular weight is 297 g/mol. The topological polar surface area (TPSA) is 29.9 Å². The number of nitrogens with zero attached hydrogens (tertiary/aromatic N) is 2. The molecule has 1 unspecified atom stereocenters. The summed E-state index contributed by atoms with van der Waals surface area (Å²) in [6.45, 7) is 6.66. The Hall–Kier alpha value is -1.82. The van der Waals surface area contributed by atoms with E-state index < -0.39 is 17.5 Å². The van der Waals surface area contributed by atoms with Crippen LogP contribution in [0.1, 0.15) is 37.6 Å². The van der Waals surface area contributed by atoms with Crippen LogP contribution in [0.15, 0.2) is 18.3 Å². The molecule has 0 saturated heterocycles. The van der Waals surface area contributed by atoms with Gasteiger partial charge in [0.1, 0.15) is 5.69 Å². The van der Waals surface area contributed by atoms with Crippen molar-refractivity contribution in [1.29, 1.82) is 0 Å². The lowest BCUT2D eigenvalue weighted by atomic mass is 10.1. The van der Waals surface area contributed by atoms with E-state index in [1.807, 2.05) is 6.92 Å². The van der Waals surface area contributed by atoms with Gasteiger partial charge in [0.05, 0.1) is 6.20 Å². The van der Waals surface area contributed by atoms with Gasteiger partial charge < -0.3 is 5.32 Å². The Morgan fingerprint density at radius 3 is 2.52 bits per heavy atom. The van der Waals surface area contributed by atoms with Crippen LogP contribution in [0.25, 0.3) is 5.69 Å². The molecular weight excluding hydrogens is 279 g/mol. The van der Waals surface area contributed by atoms with Gasteiger partial charge in [-0.15, -0.1) is 0 Å².